The molecule has 0 rings (SSSR count). The van der Waals surface area contributed by atoms with Crippen LogP contribution in [0.3, 0.4) is 0 Å². The lowest BCUT2D eigenvalue weighted by molar-refractivity contribution is 0.266. The van der Waals surface area contributed by atoms with Gasteiger partial charge in [-0.2, -0.15) is 5.26 Å². The van der Waals surface area contributed by atoms with Crippen LogP contribution in [-0.4, -0.2) is 17.7 Å². The van der Waals surface area contributed by atoms with E-state index in [9.17, 15) is 4.57 Å². The molecule has 0 amide bonds. The van der Waals surface area contributed by atoms with Crippen LogP contribution in [-0.2, 0) is 9.09 Å². The minimum absolute atomic E-state index is 0.0374. The average molecular weight is 165 g/mol. The summed E-state index contributed by atoms with van der Waals surface area (Å²) < 4.78 is 21.9. The molecule has 5 heteroatoms. The van der Waals surface area contributed by atoms with Gasteiger partial charge in [-0.3, -0.25) is 4.57 Å². The number of hydrogen-bond acceptors (Lipinski definition) is 3. The Morgan fingerprint density at radius 1 is 2.00 bits per heavy atom. The van der Waals surface area contributed by atoms with Gasteiger partial charge in [0.15, 0.2) is 0 Å². The summed E-state index contributed by atoms with van der Waals surface area (Å²) in [6, 6.07) is 1.78. The molecule has 0 fully saturated rings. The third kappa shape index (κ3) is 4.51. The molecule has 1 N–H and O–H groups in total. The van der Waals surface area contributed by atoms with Crippen LogP contribution in [0.5, 0.6) is 0 Å². The predicted octanol–water partition coefficient (Wildman–Crippen LogP) is 1.12. The van der Waals surface area contributed by atoms with Crippen LogP contribution in [0.4, 0.5) is 0 Å². The molecule has 0 spiro atoms. The van der Waals surface area contributed by atoms with Crippen molar-refractivity contribution in [1.82, 2.24) is 0 Å². The molecule has 0 aliphatic rings. The molecule has 0 aromatic carbocycles. The minimum atomic E-state index is -3.56. The second kappa shape index (κ2) is 4.45. The topological polar surface area (TPSA) is 70.3 Å². The molecule has 0 aromatic rings. The van der Waals surface area contributed by atoms with Crippen LogP contribution < -0.4 is 0 Å². The van der Waals surface area contributed by atoms with Crippen molar-refractivity contribution in [1.29, 1.82) is 5.26 Å². The van der Waals surface area contributed by atoms with Crippen molar-refractivity contribution in [3.05, 3.63) is 0 Å². The second-order valence-electron chi connectivity index (χ2n) is 1.60. The fourth-order valence-corrected chi connectivity index (χ4v) is 0.804. The van der Waals surface area contributed by atoms with E-state index in [0.29, 0.717) is 0 Å². The van der Waals surface area contributed by atoms with Gasteiger partial charge in [-0.25, -0.2) is 0 Å². The first-order valence-corrected chi connectivity index (χ1v) is 4.51. The van der Waals surface area contributed by atoms with Crippen molar-refractivity contribution in [3.63, 3.8) is 0 Å². The number of hydrogen-bond donors (Lipinski definition) is 1. The van der Waals surface area contributed by atoms with Gasteiger partial charge in [0.05, 0.1) is 19.1 Å². The molecule has 0 heterocycles. The maximum atomic E-state index is 10.8. The highest BCUT2D eigenvalue weighted by Crippen LogP contribution is 2.40. The number of rotatable bonds is 4. The normalized spacial score (nSPS) is 17.0. The third-order valence-electron chi connectivity index (χ3n) is 0.789. The van der Waals surface area contributed by atoms with Gasteiger partial charge in [0.2, 0.25) is 0 Å². The highest BCUT2D eigenvalue weighted by molar-refractivity contribution is 7.52. The van der Waals surface area contributed by atoms with E-state index in [1.54, 1.807) is 6.07 Å². The number of nitriles is 1. The van der Waals surface area contributed by atoms with Crippen LogP contribution in [0, 0.1) is 11.3 Å². The SMILES string of the molecule is [3H]CCP(=O)(O)OCCC#N. The van der Waals surface area contributed by atoms with E-state index in [4.69, 9.17) is 11.5 Å². The quantitative estimate of drug-likeness (QED) is 0.500. The summed E-state index contributed by atoms with van der Waals surface area (Å²) in [4.78, 5) is 8.85. The smallest absolute Gasteiger partial charge is 0.324 e. The molecular weight excluding hydrogens is 153 g/mol. The average Bonchev–Trinajstić information content (AvgIpc) is 1.87. The van der Waals surface area contributed by atoms with Crippen molar-refractivity contribution < 1.29 is 15.4 Å². The molecule has 0 aliphatic carbocycles. The largest absolute Gasteiger partial charge is 0.327 e. The molecule has 1 atom stereocenters. The Morgan fingerprint density at radius 3 is 3.20 bits per heavy atom. The standard InChI is InChI=1S/C5H10NO3P/c1-2-10(7,8)9-5-3-4-6/h2-3,5H2,1H3,(H,7,8)/i1T. The molecule has 0 saturated heterocycles. The summed E-state index contributed by atoms with van der Waals surface area (Å²) in [5.74, 6) is 0. The lowest BCUT2D eigenvalue weighted by Gasteiger charge is -2.06. The molecule has 0 radical (unpaired) electrons. The van der Waals surface area contributed by atoms with E-state index in [1.807, 2.05) is 0 Å². The van der Waals surface area contributed by atoms with E-state index in [0.717, 1.165) is 0 Å². The summed E-state index contributed by atoms with van der Waals surface area (Å²) in [5, 5.41) is 8.05. The highest BCUT2D eigenvalue weighted by Gasteiger charge is 2.14. The van der Waals surface area contributed by atoms with Crippen LogP contribution >= 0.6 is 7.60 Å². The molecule has 0 aromatic heterocycles. The van der Waals surface area contributed by atoms with E-state index in [2.05, 4.69) is 4.52 Å². The fraction of sp³-hybridized carbons (Fsp3) is 0.800. The summed E-state index contributed by atoms with van der Waals surface area (Å²) in [6.07, 6.45) is -0.0685. The molecule has 0 saturated carbocycles. The van der Waals surface area contributed by atoms with E-state index in [-0.39, 0.29) is 26.1 Å². The van der Waals surface area contributed by atoms with Gasteiger partial charge in [0, 0.05) is 7.53 Å². The van der Waals surface area contributed by atoms with Gasteiger partial charge in [0.1, 0.15) is 0 Å². The van der Waals surface area contributed by atoms with Crippen molar-refractivity contribution >= 4 is 7.60 Å². The molecule has 1 unspecified atom stereocenters. The van der Waals surface area contributed by atoms with Crippen LogP contribution in [0.25, 0.3) is 0 Å². The van der Waals surface area contributed by atoms with Gasteiger partial charge in [-0.15, -0.1) is 0 Å². The van der Waals surface area contributed by atoms with Crippen molar-refractivity contribution in [2.45, 2.75) is 13.3 Å². The Bertz CT molecular complexity index is 191. The van der Waals surface area contributed by atoms with E-state index < -0.39 is 7.60 Å². The summed E-state index contributed by atoms with van der Waals surface area (Å²) >= 11 is 0. The maximum Gasteiger partial charge on any atom is 0.327 e. The first kappa shape index (κ1) is 7.74. The zero-order chi connectivity index (χ0) is 8.74. The van der Waals surface area contributed by atoms with Gasteiger partial charge >= 0.3 is 7.60 Å². The minimum Gasteiger partial charge on any atom is -0.324 e. The Hall–Kier alpha value is -0.360. The predicted molar refractivity (Wildman–Crippen MR) is 36.5 cm³/mol. The molecule has 10 heavy (non-hydrogen) atoms. The van der Waals surface area contributed by atoms with Gasteiger partial charge in [-0.05, 0) is 0 Å². The Labute approximate surface area is 61.4 Å². The summed E-state index contributed by atoms with van der Waals surface area (Å²) in [7, 11) is -3.56. The molecule has 0 aliphatic heterocycles. The second-order valence-corrected chi connectivity index (χ2v) is 3.58. The van der Waals surface area contributed by atoms with E-state index >= 15 is 0 Å². The van der Waals surface area contributed by atoms with Crippen LogP contribution in [0.2, 0.25) is 0 Å². The Morgan fingerprint density at radius 2 is 2.70 bits per heavy atom. The maximum absolute atomic E-state index is 10.8. The van der Waals surface area contributed by atoms with Crippen LogP contribution in [0.1, 0.15) is 14.7 Å². The molecule has 0 bridgehead atoms. The highest BCUT2D eigenvalue weighted by atomic mass is 31.2. The summed E-state index contributed by atoms with van der Waals surface area (Å²) in [5.41, 5.74) is 0. The Kier molecular flexibility index (Phi) is 3.45. The monoisotopic (exact) mass is 165 g/mol. The number of nitrogens with zero attached hydrogens (tertiary/aromatic N) is 1. The first-order valence-electron chi connectivity index (χ1n) is 3.45. The van der Waals surface area contributed by atoms with Gasteiger partial charge in [-0.1, -0.05) is 6.90 Å². The van der Waals surface area contributed by atoms with Crippen molar-refractivity contribution in [2.24, 2.45) is 0 Å². The third-order valence-corrected chi connectivity index (χ3v) is 1.94. The zero-order valence-corrected chi connectivity index (χ0v) is 6.38. The van der Waals surface area contributed by atoms with Gasteiger partial charge < -0.3 is 9.42 Å². The molecule has 4 nitrogen and oxygen atoms in total. The van der Waals surface area contributed by atoms with Gasteiger partial charge in [0.25, 0.3) is 0 Å². The molecule has 58 valence electrons. The zero-order valence-electron chi connectivity index (χ0n) is 6.49. The van der Waals surface area contributed by atoms with Crippen molar-refractivity contribution in [3.8, 4) is 6.07 Å². The Balaban J connectivity index is 3.57. The summed E-state index contributed by atoms with van der Waals surface area (Å²) in [6.45, 7) is -0.176. The lowest BCUT2D eigenvalue weighted by Crippen LogP contribution is -1.93. The fourth-order valence-electron chi connectivity index (χ4n) is 0.298. The lowest BCUT2D eigenvalue weighted by atomic mass is 10.5. The van der Waals surface area contributed by atoms with Crippen molar-refractivity contribution in [2.75, 3.05) is 12.8 Å². The van der Waals surface area contributed by atoms with E-state index in [1.165, 1.54) is 0 Å². The van der Waals surface area contributed by atoms with Crippen LogP contribution in [0.15, 0.2) is 0 Å². The first-order chi connectivity index (χ1) is 5.12. The molecular formula is C5H10NO3P.